The van der Waals surface area contributed by atoms with Gasteiger partial charge in [-0.25, -0.2) is 0 Å². The second-order valence-corrected chi connectivity index (χ2v) is 14.3. The van der Waals surface area contributed by atoms with Crippen LogP contribution in [0.25, 0.3) is 0 Å². The molecular weight excluding hydrogens is 379 g/mol. The molecule has 0 aromatic carbocycles. The van der Waals surface area contributed by atoms with E-state index in [-0.39, 0.29) is 0 Å². The standard InChI is InChI=1S/C13H27Br2O2P/c1-2-3-4-5-6-7-8-9-10-11-12-13-17-18(14,15)16/h2-13H2,1H3. The molecule has 5 heteroatoms. The normalized spacial score (nSPS) is 11.9. The molecule has 0 aliphatic rings. The molecule has 0 N–H and O–H groups in total. The van der Waals surface area contributed by atoms with Gasteiger partial charge in [-0.2, -0.15) is 0 Å². The Labute approximate surface area is 129 Å². The average molecular weight is 406 g/mol. The summed E-state index contributed by atoms with van der Waals surface area (Å²) in [5, 5.41) is 0. The molecule has 0 spiro atoms. The van der Waals surface area contributed by atoms with Crippen molar-refractivity contribution in [3.05, 3.63) is 0 Å². The molecule has 0 atom stereocenters. The lowest BCUT2D eigenvalue weighted by Crippen LogP contribution is -1.88. The second-order valence-electron chi connectivity index (χ2n) is 4.78. The average Bonchev–Trinajstić information content (AvgIpc) is 2.29. The fourth-order valence-corrected chi connectivity index (χ4v) is 3.15. The summed E-state index contributed by atoms with van der Waals surface area (Å²) < 4.78 is 13.6. The lowest BCUT2D eigenvalue weighted by Gasteiger charge is -2.05. The van der Waals surface area contributed by atoms with Crippen LogP contribution in [-0.4, -0.2) is 6.61 Å². The summed E-state index contributed by atoms with van der Waals surface area (Å²) in [5.74, 6) is 0. The van der Waals surface area contributed by atoms with Crippen LogP contribution in [-0.2, 0) is 9.09 Å². The quantitative estimate of drug-likeness (QED) is 0.239. The predicted molar refractivity (Wildman–Crippen MR) is 87.9 cm³/mol. The van der Waals surface area contributed by atoms with E-state index in [1.54, 1.807) is 0 Å². The molecule has 0 saturated heterocycles. The van der Waals surface area contributed by atoms with Crippen LogP contribution < -0.4 is 0 Å². The van der Waals surface area contributed by atoms with Crippen molar-refractivity contribution in [3.8, 4) is 0 Å². The van der Waals surface area contributed by atoms with Crippen LogP contribution in [0.1, 0.15) is 77.6 Å². The maximum atomic E-state index is 11.1. The highest BCUT2D eigenvalue weighted by Gasteiger charge is 2.11. The van der Waals surface area contributed by atoms with E-state index in [1.807, 2.05) is 0 Å². The Balaban J connectivity index is 3.01. The first-order chi connectivity index (χ1) is 8.56. The molecule has 18 heavy (non-hydrogen) atoms. The van der Waals surface area contributed by atoms with Gasteiger partial charge in [0.15, 0.2) is 0 Å². The van der Waals surface area contributed by atoms with Crippen molar-refractivity contribution in [3.63, 3.8) is 0 Å². The minimum Gasteiger partial charge on any atom is -0.313 e. The van der Waals surface area contributed by atoms with Crippen molar-refractivity contribution in [2.45, 2.75) is 77.6 Å². The summed E-state index contributed by atoms with van der Waals surface area (Å²) in [6, 6.07) is 0. The van der Waals surface area contributed by atoms with Gasteiger partial charge < -0.3 is 4.52 Å². The number of unbranched alkanes of at least 4 members (excludes halogenated alkanes) is 10. The van der Waals surface area contributed by atoms with Gasteiger partial charge in [-0.05, 0) is 6.42 Å². The summed E-state index contributed by atoms with van der Waals surface area (Å²) in [7, 11) is 0. The molecule has 0 radical (unpaired) electrons. The van der Waals surface area contributed by atoms with E-state index in [2.05, 4.69) is 37.9 Å². The summed E-state index contributed by atoms with van der Waals surface area (Å²) in [5.41, 5.74) is 0. The third-order valence-electron chi connectivity index (χ3n) is 2.99. The molecule has 0 aliphatic carbocycles. The maximum absolute atomic E-state index is 11.1. The summed E-state index contributed by atoms with van der Waals surface area (Å²) in [6.45, 7) is 2.83. The topological polar surface area (TPSA) is 26.3 Å². The van der Waals surface area contributed by atoms with Gasteiger partial charge in [-0.15, -0.1) is 0 Å². The van der Waals surface area contributed by atoms with Gasteiger partial charge in [0.25, 0.3) is 0 Å². The van der Waals surface area contributed by atoms with Crippen molar-refractivity contribution < 1.29 is 9.09 Å². The minimum atomic E-state index is -2.62. The van der Waals surface area contributed by atoms with Crippen LogP contribution in [0.15, 0.2) is 0 Å². The van der Waals surface area contributed by atoms with Gasteiger partial charge in [0, 0.05) is 31.0 Å². The molecule has 0 rings (SSSR count). The van der Waals surface area contributed by atoms with E-state index >= 15 is 0 Å². The largest absolute Gasteiger partial charge is 0.328 e. The first kappa shape index (κ1) is 19.1. The van der Waals surface area contributed by atoms with E-state index in [9.17, 15) is 4.57 Å². The predicted octanol–water partition coefficient (Wildman–Crippen LogP) is 7.21. The first-order valence-corrected chi connectivity index (χ1v) is 12.9. The Kier molecular flexibility index (Phi) is 14.0. The zero-order valence-corrected chi connectivity index (χ0v) is 15.6. The maximum Gasteiger partial charge on any atom is 0.328 e. The molecule has 0 bridgehead atoms. The smallest absolute Gasteiger partial charge is 0.313 e. The molecule has 0 heterocycles. The Bertz CT molecular complexity index is 219. The molecule has 0 saturated carbocycles. The van der Waals surface area contributed by atoms with E-state index in [1.165, 1.54) is 64.2 Å². The number of hydrogen-bond acceptors (Lipinski definition) is 2. The van der Waals surface area contributed by atoms with Gasteiger partial charge in [-0.1, -0.05) is 71.1 Å². The summed E-state index contributed by atoms with van der Waals surface area (Å²) >= 11 is 5.92. The molecular formula is C13H27Br2O2P. The van der Waals surface area contributed by atoms with Crippen molar-refractivity contribution >= 4 is 35.8 Å². The Morgan fingerprint density at radius 3 is 1.56 bits per heavy atom. The zero-order chi connectivity index (χ0) is 13.7. The Morgan fingerprint density at radius 2 is 1.17 bits per heavy atom. The number of hydrogen-bond donors (Lipinski definition) is 0. The first-order valence-electron chi connectivity index (χ1n) is 7.20. The highest BCUT2D eigenvalue weighted by atomic mass is 79.9. The van der Waals surface area contributed by atoms with Crippen LogP contribution in [0, 0.1) is 0 Å². The molecule has 110 valence electrons. The Morgan fingerprint density at radius 1 is 0.778 bits per heavy atom. The van der Waals surface area contributed by atoms with Crippen molar-refractivity contribution in [1.82, 2.24) is 0 Å². The van der Waals surface area contributed by atoms with Crippen molar-refractivity contribution in [2.24, 2.45) is 0 Å². The monoisotopic (exact) mass is 404 g/mol. The van der Waals surface area contributed by atoms with Crippen LogP contribution in [0.5, 0.6) is 0 Å². The zero-order valence-electron chi connectivity index (χ0n) is 11.5. The van der Waals surface area contributed by atoms with Crippen molar-refractivity contribution in [1.29, 1.82) is 0 Å². The van der Waals surface area contributed by atoms with Gasteiger partial charge in [0.05, 0.1) is 6.61 Å². The lowest BCUT2D eigenvalue weighted by atomic mass is 10.1. The molecule has 0 aromatic heterocycles. The highest BCUT2D eigenvalue weighted by molar-refractivity contribution is 9.70. The van der Waals surface area contributed by atoms with Gasteiger partial charge in [0.1, 0.15) is 0 Å². The van der Waals surface area contributed by atoms with Crippen LogP contribution in [0.3, 0.4) is 0 Å². The summed E-state index contributed by atoms with van der Waals surface area (Å²) in [4.78, 5) is 0. The SMILES string of the molecule is CCCCCCCCCCCCCOP(=O)(Br)Br. The Hall–Kier alpha value is 1.15. The van der Waals surface area contributed by atoms with E-state index in [4.69, 9.17) is 4.52 Å². The van der Waals surface area contributed by atoms with Gasteiger partial charge >= 0.3 is 4.77 Å². The highest BCUT2D eigenvalue weighted by Crippen LogP contribution is 2.62. The van der Waals surface area contributed by atoms with Gasteiger partial charge in [0.2, 0.25) is 0 Å². The van der Waals surface area contributed by atoms with Crippen LogP contribution >= 0.6 is 35.8 Å². The van der Waals surface area contributed by atoms with Crippen LogP contribution in [0.4, 0.5) is 0 Å². The molecule has 0 amide bonds. The van der Waals surface area contributed by atoms with Crippen molar-refractivity contribution in [2.75, 3.05) is 6.61 Å². The third-order valence-corrected chi connectivity index (χ3v) is 4.70. The molecule has 2 nitrogen and oxygen atoms in total. The fraction of sp³-hybridized carbons (Fsp3) is 1.00. The van der Waals surface area contributed by atoms with Gasteiger partial charge in [-0.3, -0.25) is 4.57 Å². The molecule has 0 aromatic rings. The lowest BCUT2D eigenvalue weighted by molar-refractivity contribution is 0.323. The molecule has 0 unspecified atom stereocenters. The summed E-state index contributed by atoms with van der Waals surface area (Å²) in [6.07, 6.45) is 14.5. The second kappa shape index (κ2) is 13.1. The minimum absolute atomic E-state index is 0.574. The fourth-order valence-electron chi connectivity index (χ4n) is 1.94. The number of halogens is 2. The molecule has 0 fully saturated rings. The van der Waals surface area contributed by atoms with E-state index < -0.39 is 4.77 Å². The van der Waals surface area contributed by atoms with E-state index in [0.717, 1.165) is 6.42 Å². The molecule has 0 aliphatic heterocycles. The third kappa shape index (κ3) is 17.2. The van der Waals surface area contributed by atoms with E-state index in [0.29, 0.717) is 6.61 Å². The van der Waals surface area contributed by atoms with Crippen LogP contribution in [0.2, 0.25) is 0 Å². The number of rotatable bonds is 13.